The van der Waals surface area contributed by atoms with Crippen molar-refractivity contribution in [3.05, 3.63) is 29.8 Å². The van der Waals surface area contributed by atoms with Crippen molar-refractivity contribution in [2.75, 3.05) is 18.4 Å². The lowest BCUT2D eigenvalue weighted by Crippen LogP contribution is -2.28. The Hall–Kier alpha value is -1.68. The highest BCUT2D eigenvalue weighted by Gasteiger charge is 2.14. The molecule has 0 spiro atoms. The molecule has 1 aromatic carbocycles. The van der Waals surface area contributed by atoms with Crippen LogP contribution < -0.4 is 10.6 Å². The summed E-state index contributed by atoms with van der Waals surface area (Å²) in [5, 5.41) is 6.16. The molecule has 1 aromatic rings. The molecule has 1 heterocycles. The molecule has 0 atom stereocenters. The molecule has 102 valence electrons. The second-order valence-corrected chi connectivity index (χ2v) is 5.02. The summed E-state index contributed by atoms with van der Waals surface area (Å²) >= 11 is 0. The Morgan fingerprint density at radius 1 is 1.37 bits per heavy atom. The number of hydrogen-bond acceptors (Lipinski definition) is 3. The van der Waals surface area contributed by atoms with Crippen molar-refractivity contribution in [3.8, 4) is 0 Å². The molecule has 0 bridgehead atoms. The normalized spacial score (nSPS) is 16.0. The zero-order chi connectivity index (χ0) is 13.5. The molecule has 1 amide bonds. The maximum atomic E-state index is 11.8. The van der Waals surface area contributed by atoms with Gasteiger partial charge in [0, 0.05) is 17.7 Å². The molecule has 2 rings (SSSR count). The third-order valence-corrected chi connectivity index (χ3v) is 3.54. The summed E-state index contributed by atoms with van der Waals surface area (Å²) in [6.45, 7) is 2.13. The van der Waals surface area contributed by atoms with Crippen molar-refractivity contribution in [1.29, 1.82) is 0 Å². The van der Waals surface area contributed by atoms with E-state index in [9.17, 15) is 9.59 Å². The molecular weight excluding hydrogens is 240 g/mol. The Morgan fingerprint density at radius 3 is 2.89 bits per heavy atom. The first-order chi connectivity index (χ1) is 9.28. The van der Waals surface area contributed by atoms with Gasteiger partial charge in [0.15, 0.2) is 0 Å². The van der Waals surface area contributed by atoms with Crippen molar-refractivity contribution in [2.45, 2.75) is 25.7 Å². The first-order valence-corrected chi connectivity index (χ1v) is 6.84. The molecule has 0 aliphatic carbocycles. The Labute approximate surface area is 113 Å². The number of rotatable bonds is 5. The summed E-state index contributed by atoms with van der Waals surface area (Å²) in [4.78, 5) is 22.5. The number of anilines is 1. The average Bonchev–Trinajstić information content (AvgIpc) is 2.46. The quantitative estimate of drug-likeness (QED) is 0.798. The first kappa shape index (κ1) is 13.7. The summed E-state index contributed by atoms with van der Waals surface area (Å²) in [6, 6.07) is 6.98. The number of hydrogen-bond donors (Lipinski definition) is 2. The molecule has 1 aliphatic heterocycles. The van der Waals surface area contributed by atoms with E-state index in [0.29, 0.717) is 23.6 Å². The Balaban J connectivity index is 1.78. The van der Waals surface area contributed by atoms with E-state index in [-0.39, 0.29) is 5.91 Å². The minimum absolute atomic E-state index is 0.0292. The van der Waals surface area contributed by atoms with Crippen LogP contribution in [0.25, 0.3) is 0 Å². The van der Waals surface area contributed by atoms with Crippen LogP contribution in [0.1, 0.15) is 36.0 Å². The summed E-state index contributed by atoms with van der Waals surface area (Å²) in [5.74, 6) is 0.690. The van der Waals surface area contributed by atoms with Gasteiger partial charge < -0.3 is 10.6 Å². The van der Waals surface area contributed by atoms with E-state index in [1.54, 1.807) is 24.3 Å². The van der Waals surface area contributed by atoms with Crippen LogP contribution in [0.5, 0.6) is 0 Å². The fraction of sp³-hybridized carbons (Fsp3) is 0.467. The number of amides is 1. The highest BCUT2D eigenvalue weighted by Crippen LogP contribution is 2.18. The lowest BCUT2D eigenvalue weighted by Gasteiger charge is -2.22. The average molecular weight is 260 g/mol. The zero-order valence-corrected chi connectivity index (χ0v) is 11.0. The molecule has 0 saturated carbocycles. The van der Waals surface area contributed by atoms with E-state index in [4.69, 9.17) is 0 Å². The second-order valence-electron chi connectivity index (χ2n) is 5.02. The minimum atomic E-state index is 0.0292. The molecule has 4 nitrogen and oxygen atoms in total. The summed E-state index contributed by atoms with van der Waals surface area (Å²) < 4.78 is 0. The molecule has 1 fully saturated rings. The standard InChI is InChI=1S/C15H20N2O2/c18-11-13-2-1-3-14(10-13)17-15(19)5-4-12-6-8-16-9-7-12/h1-3,10-12,16H,4-9H2,(H,17,19). The maximum Gasteiger partial charge on any atom is 0.224 e. The molecule has 1 saturated heterocycles. The number of carbonyl (C=O) groups excluding carboxylic acids is 2. The third kappa shape index (κ3) is 4.48. The molecule has 0 aromatic heterocycles. The van der Waals surface area contributed by atoms with Crippen molar-refractivity contribution in [2.24, 2.45) is 5.92 Å². The van der Waals surface area contributed by atoms with E-state index in [1.165, 1.54) is 0 Å². The Morgan fingerprint density at radius 2 is 2.16 bits per heavy atom. The fourth-order valence-corrected chi connectivity index (χ4v) is 2.42. The SMILES string of the molecule is O=Cc1cccc(NC(=O)CCC2CCNCC2)c1. The van der Waals surface area contributed by atoms with Crippen LogP contribution in [0.3, 0.4) is 0 Å². The van der Waals surface area contributed by atoms with Gasteiger partial charge in [0.25, 0.3) is 0 Å². The molecule has 0 radical (unpaired) electrons. The number of benzene rings is 1. The van der Waals surface area contributed by atoms with Crippen LogP contribution in [-0.4, -0.2) is 25.3 Å². The van der Waals surface area contributed by atoms with Gasteiger partial charge in [-0.3, -0.25) is 9.59 Å². The fourth-order valence-electron chi connectivity index (χ4n) is 2.42. The van der Waals surface area contributed by atoms with Gasteiger partial charge in [-0.15, -0.1) is 0 Å². The van der Waals surface area contributed by atoms with Crippen molar-refractivity contribution in [1.82, 2.24) is 5.32 Å². The largest absolute Gasteiger partial charge is 0.326 e. The maximum absolute atomic E-state index is 11.8. The van der Waals surface area contributed by atoms with Crippen LogP contribution in [0.15, 0.2) is 24.3 Å². The number of carbonyl (C=O) groups is 2. The van der Waals surface area contributed by atoms with Gasteiger partial charge in [0.1, 0.15) is 6.29 Å². The van der Waals surface area contributed by atoms with Gasteiger partial charge in [-0.25, -0.2) is 0 Å². The molecule has 4 heteroatoms. The molecule has 2 N–H and O–H groups in total. The third-order valence-electron chi connectivity index (χ3n) is 3.54. The van der Waals surface area contributed by atoms with Crippen LogP contribution in [-0.2, 0) is 4.79 Å². The Kier molecular flexibility index (Phi) is 5.10. The van der Waals surface area contributed by atoms with Gasteiger partial charge in [-0.2, -0.15) is 0 Å². The number of aldehydes is 1. The second kappa shape index (κ2) is 7.04. The monoisotopic (exact) mass is 260 g/mol. The predicted molar refractivity (Wildman–Crippen MR) is 75.3 cm³/mol. The molecule has 0 unspecified atom stereocenters. The van der Waals surface area contributed by atoms with E-state index >= 15 is 0 Å². The van der Waals surface area contributed by atoms with Crippen LogP contribution in [0.4, 0.5) is 5.69 Å². The predicted octanol–water partition coefficient (Wildman–Crippen LogP) is 2.22. The van der Waals surface area contributed by atoms with E-state index < -0.39 is 0 Å². The van der Waals surface area contributed by atoms with Crippen molar-refractivity contribution in [3.63, 3.8) is 0 Å². The number of piperidine rings is 1. The highest BCUT2D eigenvalue weighted by molar-refractivity contribution is 5.91. The first-order valence-electron chi connectivity index (χ1n) is 6.84. The lowest BCUT2D eigenvalue weighted by atomic mass is 9.93. The van der Waals surface area contributed by atoms with Gasteiger partial charge >= 0.3 is 0 Å². The lowest BCUT2D eigenvalue weighted by molar-refractivity contribution is -0.116. The van der Waals surface area contributed by atoms with Crippen LogP contribution >= 0.6 is 0 Å². The van der Waals surface area contributed by atoms with E-state index in [1.807, 2.05) is 0 Å². The molecular formula is C15H20N2O2. The summed E-state index contributed by atoms with van der Waals surface area (Å²) in [7, 11) is 0. The Bertz CT molecular complexity index is 440. The van der Waals surface area contributed by atoms with Gasteiger partial charge in [0.2, 0.25) is 5.91 Å². The van der Waals surface area contributed by atoms with Crippen molar-refractivity contribution < 1.29 is 9.59 Å². The molecule has 1 aliphatic rings. The summed E-state index contributed by atoms with van der Waals surface area (Å²) in [5.41, 5.74) is 1.27. The zero-order valence-electron chi connectivity index (χ0n) is 11.0. The van der Waals surface area contributed by atoms with E-state index in [0.717, 1.165) is 38.6 Å². The molecule has 19 heavy (non-hydrogen) atoms. The smallest absolute Gasteiger partial charge is 0.224 e. The van der Waals surface area contributed by atoms with Crippen LogP contribution in [0, 0.1) is 5.92 Å². The van der Waals surface area contributed by atoms with Gasteiger partial charge in [-0.1, -0.05) is 12.1 Å². The van der Waals surface area contributed by atoms with Crippen molar-refractivity contribution >= 4 is 17.9 Å². The van der Waals surface area contributed by atoms with Gasteiger partial charge in [0.05, 0.1) is 0 Å². The number of nitrogens with one attached hydrogen (secondary N) is 2. The highest BCUT2D eigenvalue weighted by atomic mass is 16.1. The topological polar surface area (TPSA) is 58.2 Å². The summed E-state index contributed by atoms with van der Waals surface area (Å²) in [6.07, 6.45) is 4.60. The van der Waals surface area contributed by atoms with E-state index in [2.05, 4.69) is 10.6 Å². The minimum Gasteiger partial charge on any atom is -0.326 e. The van der Waals surface area contributed by atoms with Crippen LogP contribution in [0.2, 0.25) is 0 Å². The van der Waals surface area contributed by atoms with Gasteiger partial charge in [-0.05, 0) is 50.4 Å².